The van der Waals surface area contributed by atoms with Gasteiger partial charge >= 0.3 is 0 Å². The fourth-order valence-electron chi connectivity index (χ4n) is 2.78. The third kappa shape index (κ3) is 3.36. The summed E-state index contributed by atoms with van der Waals surface area (Å²) >= 11 is 0. The van der Waals surface area contributed by atoms with Crippen molar-refractivity contribution in [3.8, 4) is 0 Å². The monoisotopic (exact) mass is 219 g/mol. The second kappa shape index (κ2) is 6.07. The van der Waals surface area contributed by atoms with Gasteiger partial charge in [0.15, 0.2) is 0 Å². The standard InChI is InChI=1S/C14H23N2/c1-13-15-10-12-16(13)11-6-9-14-7-4-2-3-5-8-14/h12,14H,2-9,11H2,1H3. The molecule has 1 aliphatic carbocycles. The summed E-state index contributed by atoms with van der Waals surface area (Å²) in [6, 6.07) is 0. The molecule has 0 atom stereocenters. The molecule has 0 unspecified atom stereocenters. The van der Waals surface area contributed by atoms with E-state index in [1.807, 2.05) is 6.20 Å². The van der Waals surface area contributed by atoms with E-state index >= 15 is 0 Å². The lowest BCUT2D eigenvalue weighted by Gasteiger charge is -2.13. The molecule has 0 bridgehead atoms. The quantitative estimate of drug-likeness (QED) is 0.705. The van der Waals surface area contributed by atoms with Crippen molar-refractivity contribution in [1.29, 1.82) is 0 Å². The van der Waals surface area contributed by atoms with Crippen molar-refractivity contribution in [3.63, 3.8) is 0 Å². The maximum absolute atomic E-state index is 4.14. The van der Waals surface area contributed by atoms with Crippen LogP contribution in [0.4, 0.5) is 0 Å². The summed E-state index contributed by atoms with van der Waals surface area (Å²) in [5.74, 6) is 2.09. The van der Waals surface area contributed by atoms with Crippen LogP contribution in [0.25, 0.3) is 0 Å². The number of aromatic nitrogens is 2. The molecular formula is C14H23N2. The molecule has 1 saturated carbocycles. The van der Waals surface area contributed by atoms with E-state index in [4.69, 9.17) is 0 Å². The molecule has 16 heavy (non-hydrogen) atoms. The highest BCUT2D eigenvalue weighted by atomic mass is 15.0. The SMILES string of the molecule is Cc1n[c]cn1CCCC1CCCCCC1. The van der Waals surface area contributed by atoms with Gasteiger partial charge in [-0.15, -0.1) is 0 Å². The van der Waals surface area contributed by atoms with E-state index in [2.05, 4.69) is 22.7 Å². The number of hydrogen-bond donors (Lipinski definition) is 0. The van der Waals surface area contributed by atoms with E-state index in [1.54, 1.807) is 0 Å². The normalized spacial score (nSPS) is 18.6. The first-order chi connectivity index (χ1) is 7.86. The molecule has 0 amide bonds. The zero-order valence-electron chi connectivity index (χ0n) is 10.4. The smallest absolute Gasteiger partial charge is 0.109 e. The van der Waals surface area contributed by atoms with Gasteiger partial charge in [-0.05, 0) is 25.7 Å². The second-order valence-electron chi connectivity index (χ2n) is 5.11. The first-order valence-electron chi connectivity index (χ1n) is 6.76. The third-order valence-corrected chi connectivity index (χ3v) is 3.84. The highest BCUT2D eigenvalue weighted by molar-refractivity contribution is 4.86. The number of hydrogen-bond acceptors (Lipinski definition) is 1. The Morgan fingerprint density at radius 3 is 2.69 bits per heavy atom. The Hall–Kier alpha value is -0.790. The van der Waals surface area contributed by atoms with Gasteiger partial charge in [0.1, 0.15) is 12.0 Å². The fourth-order valence-corrected chi connectivity index (χ4v) is 2.78. The summed E-state index contributed by atoms with van der Waals surface area (Å²) in [5, 5.41) is 0. The lowest BCUT2D eigenvalue weighted by atomic mass is 9.95. The van der Waals surface area contributed by atoms with Crippen LogP contribution >= 0.6 is 0 Å². The zero-order chi connectivity index (χ0) is 11.2. The van der Waals surface area contributed by atoms with Gasteiger partial charge in [0, 0.05) is 12.7 Å². The van der Waals surface area contributed by atoms with Crippen molar-refractivity contribution in [2.24, 2.45) is 5.92 Å². The molecule has 1 aliphatic rings. The van der Waals surface area contributed by atoms with Crippen molar-refractivity contribution in [3.05, 3.63) is 18.2 Å². The molecule has 0 aromatic carbocycles. The number of imidazole rings is 1. The van der Waals surface area contributed by atoms with Gasteiger partial charge in [-0.25, -0.2) is 4.98 Å². The van der Waals surface area contributed by atoms with E-state index in [0.717, 1.165) is 18.3 Å². The molecule has 0 spiro atoms. The molecule has 1 radical (unpaired) electrons. The molecule has 1 aromatic heterocycles. The maximum Gasteiger partial charge on any atom is 0.109 e. The van der Waals surface area contributed by atoms with Gasteiger partial charge in [0.2, 0.25) is 0 Å². The molecule has 2 nitrogen and oxygen atoms in total. The van der Waals surface area contributed by atoms with E-state index in [-0.39, 0.29) is 0 Å². The van der Waals surface area contributed by atoms with E-state index < -0.39 is 0 Å². The third-order valence-electron chi connectivity index (χ3n) is 3.84. The molecule has 0 aliphatic heterocycles. The summed E-state index contributed by atoms with van der Waals surface area (Å²) in [4.78, 5) is 4.14. The lowest BCUT2D eigenvalue weighted by Crippen LogP contribution is -2.04. The van der Waals surface area contributed by atoms with Crippen molar-refractivity contribution >= 4 is 0 Å². The highest BCUT2D eigenvalue weighted by Crippen LogP contribution is 2.26. The van der Waals surface area contributed by atoms with Crippen molar-refractivity contribution < 1.29 is 0 Å². The summed E-state index contributed by atoms with van der Waals surface area (Å²) in [6.45, 7) is 3.18. The van der Waals surface area contributed by atoms with E-state index in [1.165, 1.54) is 51.4 Å². The molecule has 89 valence electrons. The van der Waals surface area contributed by atoms with E-state index in [0.29, 0.717) is 0 Å². The molecule has 1 fully saturated rings. The van der Waals surface area contributed by atoms with Gasteiger partial charge in [0.25, 0.3) is 0 Å². The Balaban J connectivity index is 1.69. The fraction of sp³-hybridized carbons (Fsp3) is 0.786. The second-order valence-corrected chi connectivity index (χ2v) is 5.11. The molecular weight excluding hydrogens is 196 g/mol. The zero-order valence-corrected chi connectivity index (χ0v) is 10.4. The molecule has 1 aromatic rings. The van der Waals surface area contributed by atoms with Crippen LogP contribution in [-0.4, -0.2) is 9.55 Å². The molecule has 0 N–H and O–H groups in total. The molecule has 0 saturated heterocycles. The van der Waals surface area contributed by atoms with Crippen LogP contribution in [0, 0.1) is 19.0 Å². The Labute approximate surface area is 99.1 Å². The number of nitrogens with zero attached hydrogens (tertiary/aromatic N) is 2. The number of aryl methyl sites for hydroxylation is 2. The van der Waals surface area contributed by atoms with Gasteiger partial charge in [0.05, 0.1) is 0 Å². The predicted octanol–water partition coefficient (Wildman–Crippen LogP) is 3.74. The van der Waals surface area contributed by atoms with Gasteiger partial charge in [-0.1, -0.05) is 38.5 Å². The van der Waals surface area contributed by atoms with Crippen LogP contribution in [0.3, 0.4) is 0 Å². The minimum Gasteiger partial charge on any atom is -0.334 e. The Morgan fingerprint density at radius 2 is 2.06 bits per heavy atom. The van der Waals surface area contributed by atoms with Gasteiger partial charge < -0.3 is 4.57 Å². The minimum atomic E-state index is 0.996. The Bertz CT molecular complexity index is 295. The maximum atomic E-state index is 4.14. The van der Waals surface area contributed by atoms with Crippen LogP contribution in [0.15, 0.2) is 6.20 Å². The average Bonchev–Trinajstić information content (AvgIpc) is 2.55. The summed E-state index contributed by atoms with van der Waals surface area (Å²) in [6.07, 6.45) is 16.4. The van der Waals surface area contributed by atoms with Gasteiger partial charge in [-0.3, -0.25) is 0 Å². The summed E-state index contributed by atoms with van der Waals surface area (Å²) < 4.78 is 2.22. The molecule has 2 heteroatoms. The average molecular weight is 219 g/mol. The predicted molar refractivity (Wildman–Crippen MR) is 66.2 cm³/mol. The first-order valence-corrected chi connectivity index (χ1v) is 6.76. The van der Waals surface area contributed by atoms with Crippen LogP contribution < -0.4 is 0 Å². The molecule has 1 heterocycles. The van der Waals surface area contributed by atoms with Crippen molar-refractivity contribution in [2.45, 2.75) is 64.8 Å². The lowest BCUT2D eigenvalue weighted by molar-refractivity contribution is 0.400. The summed E-state index contributed by atoms with van der Waals surface area (Å²) in [5.41, 5.74) is 0. The largest absolute Gasteiger partial charge is 0.334 e. The van der Waals surface area contributed by atoms with Crippen molar-refractivity contribution in [1.82, 2.24) is 9.55 Å². The van der Waals surface area contributed by atoms with Crippen LogP contribution in [0.5, 0.6) is 0 Å². The molecule has 2 rings (SSSR count). The Morgan fingerprint density at radius 1 is 1.31 bits per heavy atom. The Kier molecular flexibility index (Phi) is 4.44. The topological polar surface area (TPSA) is 17.8 Å². The minimum absolute atomic E-state index is 0.996. The van der Waals surface area contributed by atoms with Gasteiger partial charge in [-0.2, -0.15) is 0 Å². The number of rotatable bonds is 4. The first kappa shape index (κ1) is 11.7. The van der Waals surface area contributed by atoms with E-state index in [9.17, 15) is 0 Å². The van der Waals surface area contributed by atoms with Crippen LogP contribution in [0.1, 0.15) is 57.2 Å². The highest BCUT2D eigenvalue weighted by Gasteiger charge is 2.11. The van der Waals surface area contributed by atoms with Crippen LogP contribution in [0.2, 0.25) is 0 Å². The van der Waals surface area contributed by atoms with Crippen LogP contribution in [-0.2, 0) is 6.54 Å². The summed E-state index contributed by atoms with van der Waals surface area (Å²) in [7, 11) is 0. The van der Waals surface area contributed by atoms with Crippen molar-refractivity contribution in [2.75, 3.05) is 0 Å².